The predicted octanol–water partition coefficient (Wildman–Crippen LogP) is -7.57. The van der Waals surface area contributed by atoms with Gasteiger partial charge in [-0.1, -0.05) is 0 Å². The van der Waals surface area contributed by atoms with Gasteiger partial charge in [0.25, 0.3) is 0 Å². The Morgan fingerprint density at radius 1 is 0.559 bits per heavy atom. The van der Waals surface area contributed by atoms with Crippen LogP contribution in [-0.4, -0.2) is 168 Å². The molecule has 16 nitrogen and oxygen atoms in total. The van der Waals surface area contributed by atoms with Crippen molar-refractivity contribution in [1.82, 2.24) is 0 Å². The van der Waals surface area contributed by atoms with Gasteiger partial charge >= 0.3 is 0 Å². The third kappa shape index (κ3) is 4.96. The van der Waals surface area contributed by atoms with Crippen molar-refractivity contribution < 1.29 is 79.9 Å². The van der Waals surface area contributed by atoms with Crippen molar-refractivity contribution in [3.63, 3.8) is 0 Å². The second kappa shape index (κ2) is 11.2. The second-order valence-corrected chi connectivity index (χ2v) is 8.37. The van der Waals surface area contributed by atoms with Crippen LogP contribution in [0.4, 0.5) is 0 Å². The summed E-state index contributed by atoms with van der Waals surface area (Å²) in [4.78, 5) is 0. The second-order valence-electron chi connectivity index (χ2n) is 8.37. The average molecular weight is 504 g/mol. The van der Waals surface area contributed by atoms with Crippen molar-refractivity contribution in [2.45, 2.75) is 85.5 Å². The Labute approximate surface area is 192 Å². The van der Waals surface area contributed by atoms with E-state index in [4.69, 9.17) is 23.7 Å². The van der Waals surface area contributed by atoms with Crippen LogP contribution >= 0.6 is 0 Å². The minimum absolute atomic E-state index is 0.777. The topological polar surface area (TPSA) is 269 Å². The maximum Gasteiger partial charge on any atom is 0.224 e. The molecule has 14 atom stereocenters. The molecule has 3 aliphatic rings. The van der Waals surface area contributed by atoms with Gasteiger partial charge in [-0.3, -0.25) is 0 Å². The van der Waals surface area contributed by atoms with Crippen molar-refractivity contribution in [2.24, 2.45) is 0 Å². The van der Waals surface area contributed by atoms with E-state index in [1.165, 1.54) is 0 Å². The van der Waals surface area contributed by atoms with Crippen LogP contribution in [0.1, 0.15) is 0 Å². The minimum atomic E-state index is -2.43. The number of rotatable bonds is 8. The SMILES string of the molecule is OC[C@H]1O[C@H](O[C@@]2(CO)O[C@H](CO)[C@@H](O)[C@@H]2O[C@H]2O[C@H](CO)[C@@H](O)[C@H](O)[C@H]2O)[C@H](O)[C@@H](O)[C@H]1O. The first-order valence-corrected chi connectivity index (χ1v) is 10.6. The molecule has 0 spiro atoms. The van der Waals surface area contributed by atoms with Gasteiger partial charge in [0, 0.05) is 0 Å². The van der Waals surface area contributed by atoms with E-state index in [0.717, 1.165) is 0 Å². The highest BCUT2D eigenvalue weighted by molar-refractivity contribution is 5.01. The molecule has 200 valence electrons. The van der Waals surface area contributed by atoms with Gasteiger partial charge in [0.15, 0.2) is 12.6 Å². The molecular weight excluding hydrogens is 472 g/mol. The van der Waals surface area contributed by atoms with Gasteiger partial charge in [-0.2, -0.15) is 0 Å². The molecule has 3 heterocycles. The molecule has 11 N–H and O–H groups in total. The van der Waals surface area contributed by atoms with E-state index in [0.29, 0.717) is 0 Å². The van der Waals surface area contributed by atoms with Crippen LogP contribution in [0.2, 0.25) is 0 Å². The van der Waals surface area contributed by atoms with Crippen LogP contribution in [0.3, 0.4) is 0 Å². The molecule has 0 aromatic rings. The first-order chi connectivity index (χ1) is 16.0. The predicted molar refractivity (Wildman–Crippen MR) is 101 cm³/mol. The van der Waals surface area contributed by atoms with Crippen molar-refractivity contribution in [1.29, 1.82) is 0 Å². The van der Waals surface area contributed by atoms with Gasteiger partial charge in [-0.15, -0.1) is 0 Å². The molecule has 0 aliphatic carbocycles. The van der Waals surface area contributed by atoms with E-state index in [1.807, 2.05) is 0 Å². The third-order valence-corrected chi connectivity index (χ3v) is 6.17. The van der Waals surface area contributed by atoms with Crippen LogP contribution in [0.25, 0.3) is 0 Å². The van der Waals surface area contributed by atoms with Crippen LogP contribution in [0, 0.1) is 0 Å². The molecule has 3 saturated heterocycles. The molecule has 34 heavy (non-hydrogen) atoms. The van der Waals surface area contributed by atoms with E-state index in [9.17, 15) is 56.2 Å². The molecule has 3 fully saturated rings. The number of hydrogen-bond acceptors (Lipinski definition) is 16. The lowest BCUT2D eigenvalue weighted by atomic mass is 9.98. The van der Waals surface area contributed by atoms with Gasteiger partial charge in [-0.25, -0.2) is 0 Å². The highest BCUT2D eigenvalue weighted by Gasteiger charge is 2.61. The molecule has 0 unspecified atom stereocenters. The molecular formula is C18H32O16. The number of aliphatic hydroxyl groups is 11. The van der Waals surface area contributed by atoms with E-state index in [1.54, 1.807) is 0 Å². The summed E-state index contributed by atoms with van der Waals surface area (Å²) < 4.78 is 27.0. The summed E-state index contributed by atoms with van der Waals surface area (Å²) in [5.74, 6) is -2.43. The first kappa shape index (κ1) is 27.9. The summed E-state index contributed by atoms with van der Waals surface area (Å²) in [6.45, 7) is -3.49. The zero-order chi connectivity index (χ0) is 25.4. The summed E-state index contributed by atoms with van der Waals surface area (Å²) in [6.07, 6.45) is -22.3. The highest BCUT2D eigenvalue weighted by atomic mass is 16.8. The lowest BCUT2D eigenvalue weighted by molar-refractivity contribution is -0.400. The Morgan fingerprint density at radius 3 is 1.50 bits per heavy atom. The van der Waals surface area contributed by atoms with E-state index >= 15 is 0 Å². The standard InChI is InChI=1S/C18H32O16/c19-1-5-8(23)11(26)13(28)16(30-5)32-15-10(25)7(3-21)33-18(15,4-22)34-17-14(29)12(27)9(24)6(2-20)31-17/h5-17,19-29H,1-4H2/t5-,6-,7-,8-,9+,10-,11+,12+,13-,14-,15+,16-,17-,18-/m1/s1. The summed E-state index contributed by atoms with van der Waals surface area (Å²) in [6, 6.07) is 0. The Balaban J connectivity index is 1.87. The monoisotopic (exact) mass is 504 g/mol. The Hall–Kier alpha value is -0.640. The molecule has 0 radical (unpaired) electrons. The smallest absolute Gasteiger partial charge is 0.224 e. The zero-order valence-electron chi connectivity index (χ0n) is 17.8. The molecule has 0 saturated carbocycles. The third-order valence-electron chi connectivity index (χ3n) is 6.17. The van der Waals surface area contributed by atoms with Gasteiger partial charge in [0.2, 0.25) is 5.79 Å². The van der Waals surface area contributed by atoms with Crippen LogP contribution in [0.15, 0.2) is 0 Å². The molecule has 0 amide bonds. The van der Waals surface area contributed by atoms with Crippen LogP contribution < -0.4 is 0 Å². The fourth-order valence-electron chi connectivity index (χ4n) is 4.12. The maximum atomic E-state index is 10.6. The fraction of sp³-hybridized carbons (Fsp3) is 1.00. The summed E-state index contributed by atoms with van der Waals surface area (Å²) in [5, 5.41) is 109. The molecule has 0 aromatic heterocycles. The van der Waals surface area contributed by atoms with E-state index in [2.05, 4.69) is 0 Å². The number of ether oxygens (including phenoxy) is 5. The lowest BCUT2D eigenvalue weighted by Gasteiger charge is -2.45. The molecule has 0 aromatic carbocycles. The lowest BCUT2D eigenvalue weighted by Crippen LogP contribution is -2.64. The average Bonchev–Trinajstić information content (AvgIpc) is 3.10. The van der Waals surface area contributed by atoms with Crippen molar-refractivity contribution in [3.05, 3.63) is 0 Å². The summed E-state index contributed by atoms with van der Waals surface area (Å²) >= 11 is 0. The minimum Gasteiger partial charge on any atom is -0.394 e. The summed E-state index contributed by atoms with van der Waals surface area (Å²) in [7, 11) is 0. The highest BCUT2D eigenvalue weighted by Crippen LogP contribution is 2.39. The first-order valence-electron chi connectivity index (χ1n) is 10.6. The van der Waals surface area contributed by atoms with E-state index in [-0.39, 0.29) is 0 Å². The largest absolute Gasteiger partial charge is 0.394 e. The number of hydrogen-bond donors (Lipinski definition) is 11. The van der Waals surface area contributed by atoms with Gasteiger partial charge in [0.1, 0.15) is 73.8 Å². The normalized spacial score (nSPS) is 52.1. The van der Waals surface area contributed by atoms with Crippen molar-refractivity contribution >= 4 is 0 Å². The quantitative estimate of drug-likeness (QED) is 0.146. The Kier molecular flexibility index (Phi) is 9.18. The van der Waals surface area contributed by atoms with Gasteiger partial charge in [0.05, 0.1) is 19.8 Å². The van der Waals surface area contributed by atoms with Gasteiger partial charge < -0.3 is 79.9 Å². The zero-order valence-corrected chi connectivity index (χ0v) is 17.8. The van der Waals surface area contributed by atoms with Crippen molar-refractivity contribution in [3.8, 4) is 0 Å². The number of aliphatic hydroxyl groups excluding tert-OH is 11. The Morgan fingerprint density at radius 2 is 1.03 bits per heavy atom. The van der Waals surface area contributed by atoms with Gasteiger partial charge in [-0.05, 0) is 0 Å². The summed E-state index contributed by atoms with van der Waals surface area (Å²) in [5.41, 5.74) is 0. The maximum absolute atomic E-state index is 10.6. The fourth-order valence-corrected chi connectivity index (χ4v) is 4.12. The van der Waals surface area contributed by atoms with E-state index < -0.39 is 112 Å². The molecule has 3 rings (SSSR count). The van der Waals surface area contributed by atoms with Crippen molar-refractivity contribution in [2.75, 3.05) is 26.4 Å². The Bertz CT molecular complexity index is 651. The van der Waals surface area contributed by atoms with Crippen LogP contribution in [0.5, 0.6) is 0 Å². The van der Waals surface area contributed by atoms with Crippen LogP contribution in [-0.2, 0) is 23.7 Å². The molecule has 0 bridgehead atoms. The molecule has 16 heteroatoms. The molecule has 3 aliphatic heterocycles.